The minimum Gasteiger partial charge on any atom is -0.345 e. The van der Waals surface area contributed by atoms with Gasteiger partial charge in [-0.2, -0.15) is 0 Å². The van der Waals surface area contributed by atoms with Gasteiger partial charge in [-0.1, -0.05) is 6.07 Å². The smallest absolute Gasteiger partial charge is 0.258 e. The number of piperidine rings is 1. The molecule has 4 rings (SSSR count). The Hall–Kier alpha value is -2.21. The predicted molar refractivity (Wildman–Crippen MR) is 99.9 cm³/mol. The number of rotatable bonds is 3. The molecule has 2 fully saturated rings. The molecule has 3 atom stereocenters. The summed E-state index contributed by atoms with van der Waals surface area (Å²) in [6, 6.07) is 5.93. The van der Waals surface area contributed by atoms with Crippen LogP contribution in [-0.2, 0) is 11.3 Å². The molecule has 0 aromatic carbocycles. The number of carbonyl (C=O) groups excluding carboxylic acids is 1. The maximum absolute atomic E-state index is 12.4. The molecule has 0 spiro atoms. The molecule has 0 N–H and O–H groups in total. The van der Waals surface area contributed by atoms with Gasteiger partial charge in [0.25, 0.3) is 5.56 Å². The average Bonchev–Trinajstić information content (AvgIpc) is 2.99. The van der Waals surface area contributed by atoms with Gasteiger partial charge in [0.05, 0.1) is 5.69 Å². The van der Waals surface area contributed by atoms with Crippen molar-refractivity contribution in [3.05, 3.63) is 46.0 Å². The zero-order chi connectivity index (χ0) is 18.4. The Labute approximate surface area is 153 Å². The highest BCUT2D eigenvalue weighted by Gasteiger charge is 2.41. The molecule has 26 heavy (non-hydrogen) atoms. The minimum absolute atomic E-state index is 0.0330. The molecule has 0 unspecified atom stereocenters. The second-order valence-electron chi connectivity index (χ2n) is 8.01. The topological polar surface area (TPSA) is 57.9 Å². The number of nitrogens with zero attached hydrogens (tertiary/aromatic N) is 4. The van der Waals surface area contributed by atoms with Crippen LogP contribution in [0.15, 0.2) is 29.2 Å². The molecule has 3 heterocycles. The molecule has 2 aromatic heterocycles. The van der Waals surface area contributed by atoms with Crippen molar-refractivity contribution in [2.24, 2.45) is 11.8 Å². The quantitative estimate of drug-likeness (QED) is 0.842. The summed E-state index contributed by atoms with van der Waals surface area (Å²) in [6.45, 7) is 3.51. The fraction of sp³-hybridized carbons (Fsp3) is 0.550. The van der Waals surface area contributed by atoms with Crippen LogP contribution in [0.1, 0.15) is 30.5 Å². The number of fused-ring (bicyclic) bond motifs is 2. The molecule has 138 valence electrons. The van der Waals surface area contributed by atoms with Crippen LogP contribution in [0.25, 0.3) is 5.65 Å². The normalized spacial score (nSPS) is 25.9. The van der Waals surface area contributed by atoms with E-state index in [0.29, 0.717) is 30.8 Å². The third-order valence-corrected chi connectivity index (χ3v) is 6.16. The molecular weight excluding hydrogens is 328 g/mol. The number of carbonyl (C=O) groups is 1. The van der Waals surface area contributed by atoms with Crippen molar-refractivity contribution < 1.29 is 4.79 Å². The molecular formula is C20H26N4O2. The molecule has 1 saturated carbocycles. The SMILES string of the molecule is Cc1cccn2c(=O)cc(CN(C)[C@@H]3C[C@@H]4CC(=O)N(C)C[C@@H]4C3)nc12. The second kappa shape index (κ2) is 6.50. The van der Waals surface area contributed by atoms with Crippen molar-refractivity contribution in [1.82, 2.24) is 19.2 Å². The summed E-state index contributed by atoms with van der Waals surface area (Å²) < 4.78 is 1.60. The molecule has 6 heteroatoms. The highest BCUT2D eigenvalue weighted by atomic mass is 16.2. The zero-order valence-corrected chi connectivity index (χ0v) is 15.7. The standard InChI is InChI=1S/C20H26N4O2/c1-13-5-4-6-24-19(26)10-16(21-20(13)24)12-22(2)17-7-14-9-18(25)23(3)11-15(14)8-17/h4-6,10,14-15,17H,7-9,11-12H2,1-3H3/t14-,15+,17-/m1/s1. The van der Waals surface area contributed by atoms with E-state index >= 15 is 0 Å². The van der Waals surface area contributed by atoms with Gasteiger partial charge in [-0.15, -0.1) is 0 Å². The van der Waals surface area contributed by atoms with Crippen molar-refractivity contribution in [3.63, 3.8) is 0 Å². The van der Waals surface area contributed by atoms with Crippen molar-refractivity contribution in [3.8, 4) is 0 Å². The van der Waals surface area contributed by atoms with E-state index in [4.69, 9.17) is 4.98 Å². The monoisotopic (exact) mass is 354 g/mol. The highest BCUT2D eigenvalue weighted by molar-refractivity contribution is 5.77. The highest BCUT2D eigenvalue weighted by Crippen LogP contribution is 2.40. The lowest BCUT2D eigenvalue weighted by Gasteiger charge is -2.31. The van der Waals surface area contributed by atoms with Gasteiger partial charge in [0.15, 0.2) is 0 Å². The van der Waals surface area contributed by atoms with E-state index < -0.39 is 0 Å². The molecule has 0 bridgehead atoms. The van der Waals surface area contributed by atoms with E-state index in [1.165, 1.54) is 0 Å². The number of pyridine rings is 1. The van der Waals surface area contributed by atoms with Gasteiger partial charge in [-0.25, -0.2) is 4.98 Å². The summed E-state index contributed by atoms with van der Waals surface area (Å²) in [5.41, 5.74) is 2.52. The Morgan fingerprint density at radius 1 is 1.27 bits per heavy atom. The van der Waals surface area contributed by atoms with Gasteiger partial charge < -0.3 is 4.90 Å². The van der Waals surface area contributed by atoms with Gasteiger partial charge in [0, 0.05) is 44.9 Å². The number of aromatic nitrogens is 2. The van der Waals surface area contributed by atoms with Gasteiger partial charge in [0.1, 0.15) is 5.65 Å². The van der Waals surface area contributed by atoms with Crippen LogP contribution >= 0.6 is 0 Å². The first-order chi connectivity index (χ1) is 12.4. The summed E-state index contributed by atoms with van der Waals surface area (Å²) in [5.74, 6) is 1.38. The number of hydrogen-bond acceptors (Lipinski definition) is 4. The van der Waals surface area contributed by atoms with E-state index in [1.807, 2.05) is 31.0 Å². The van der Waals surface area contributed by atoms with Gasteiger partial charge in [0.2, 0.25) is 5.91 Å². The third-order valence-electron chi connectivity index (χ3n) is 6.16. The zero-order valence-electron chi connectivity index (χ0n) is 15.7. The molecule has 1 amide bonds. The maximum atomic E-state index is 12.4. The molecule has 1 aliphatic heterocycles. The van der Waals surface area contributed by atoms with E-state index in [1.54, 1.807) is 16.7 Å². The summed E-state index contributed by atoms with van der Waals surface area (Å²) in [5, 5.41) is 0. The third kappa shape index (κ3) is 3.03. The Kier molecular flexibility index (Phi) is 4.31. The van der Waals surface area contributed by atoms with E-state index in [-0.39, 0.29) is 11.5 Å². The fourth-order valence-corrected chi connectivity index (χ4v) is 4.62. The van der Waals surface area contributed by atoms with E-state index in [0.717, 1.165) is 36.3 Å². The Bertz CT molecular complexity index is 906. The Morgan fingerprint density at radius 2 is 2.04 bits per heavy atom. The number of likely N-dealkylation sites (tertiary alicyclic amines) is 1. The first-order valence-electron chi connectivity index (χ1n) is 9.34. The first-order valence-corrected chi connectivity index (χ1v) is 9.34. The lowest BCUT2D eigenvalue weighted by molar-refractivity contribution is -0.134. The van der Waals surface area contributed by atoms with Crippen LogP contribution in [0.5, 0.6) is 0 Å². The predicted octanol–water partition coefficient (Wildman–Crippen LogP) is 1.69. The van der Waals surface area contributed by atoms with Crippen LogP contribution < -0.4 is 5.56 Å². The number of amides is 1. The minimum atomic E-state index is -0.0330. The summed E-state index contributed by atoms with van der Waals surface area (Å²) in [6.07, 6.45) is 4.62. The molecule has 0 radical (unpaired) electrons. The lowest BCUT2D eigenvalue weighted by atomic mass is 9.88. The molecule has 2 aliphatic rings. The molecule has 1 aliphatic carbocycles. The van der Waals surface area contributed by atoms with Crippen molar-refractivity contribution in [2.45, 2.75) is 38.8 Å². The number of aryl methyl sites for hydroxylation is 1. The fourth-order valence-electron chi connectivity index (χ4n) is 4.62. The van der Waals surface area contributed by atoms with Crippen LogP contribution in [-0.4, -0.2) is 51.8 Å². The van der Waals surface area contributed by atoms with Crippen LogP contribution in [0.4, 0.5) is 0 Å². The average molecular weight is 354 g/mol. The maximum Gasteiger partial charge on any atom is 0.258 e. The van der Waals surface area contributed by atoms with Crippen LogP contribution in [0.3, 0.4) is 0 Å². The van der Waals surface area contributed by atoms with Gasteiger partial charge >= 0.3 is 0 Å². The lowest BCUT2D eigenvalue weighted by Crippen LogP contribution is -2.39. The van der Waals surface area contributed by atoms with Crippen molar-refractivity contribution in [1.29, 1.82) is 0 Å². The molecule has 1 saturated heterocycles. The Morgan fingerprint density at radius 3 is 2.85 bits per heavy atom. The second-order valence-corrected chi connectivity index (χ2v) is 8.01. The molecule has 6 nitrogen and oxygen atoms in total. The first kappa shape index (κ1) is 17.2. The van der Waals surface area contributed by atoms with Gasteiger partial charge in [-0.05, 0) is 50.3 Å². The summed E-state index contributed by atoms with van der Waals surface area (Å²) in [4.78, 5) is 33.3. The van der Waals surface area contributed by atoms with Crippen LogP contribution in [0.2, 0.25) is 0 Å². The van der Waals surface area contributed by atoms with E-state index in [9.17, 15) is 9.59 Å². The summed E-state index contributed by atoms with van der Waals surface area (Å²) >= 11 is 0. The number of hydrogen-bond donors (Lipinski definition) is 0. The van der Waals surface area contributed by atoms with E-state index in [2.05, 4.69) is 11.9 Å². The van der Waals surface area contributed by atoms with Crippen molar-refractivity contribution in [2.75, 3.05) is 20.6 Å². The largest absolute Gasteiger partial charge is 0.345 e. The molecule has 2 aromatic rings. The Balaban J connectivity index is 1.51. The van der Waals surface area contributed by atoms with Crippen LogP contribution in [0, 0.1) is 18.8 Å². The van der Waals surface area contributed by atoms with Gasteiger partial charge in [-0.3, -0.25) is 18.9 Å². The summed E-state index contributed by atoms with van der Waals surface area (Å²) in [7, 11) is 4.01. The van der Waals surface area contributed by atoms with Crippen molar-refractivity contribution >= 4 is 11.6 Å².